The zero-order valence-corrected chi connectivity index (χ0v) is 9.22. The summed E-state index contributed by atoms with van der Waals surface area (Å²) in [7, 11) is 2.43. The van der Waals surface area contributed by atoms with Gasteiger partial charge in [0.2, 0.25) is 0 Å². The summed E-state index contributed by atoms with van der Waals surface area (Å²) in [6.45, 7) is 0. The van der Waals surface area contributed by atoms with Gasteiger partial charge in [0.15, 0.2) is 5.75 Å². The van der Waals surface area contributed by atoms with Gasteiger partial charge in [-0.1, -0.05) is 0 Å². The van der Waals surface area contributed by atoms with Crippen molar-refractivity contribution < 1.29 is 23.0 Å². The molecule has 0 N–H and O–H groups in total. The second-order valence-electron chi connectivity index (χ2n) is 2.70. The minimum absolute atomic E-state index is 0.125. The van der Waals surface area contributed by atoms with E-state index in [4.69, 9.17) is 21.1 Å². The maximum atomic E-state index is 12.8. The molecule has 1 heterocycles. The molecule has 0 aliphatic heterocycles. The molecule has 1 aromatic heterocycles. The third-order valence-corrected chi connectivity index (χ3v) is 2.07. The number of hydrogen-bond acceptors (Lipinski definition) is 4. The maximum absolute atomic E-state index is 12.8. The van der Waals surface area contributed by atoms with Gasteiger partial charge in [0, 0.05) is 6.20 Å². The highest BCUT2D eigenvalue weighted by Gasteiger charge is 2.26. The van der Waals surface area contributed by atoms with Crippen molar-refractivity contribution in [2.45, 2.75) is 6.43 Å². The fourth-order valence-electron chi connectivity index (χ4n) is 1.20. The normalized spacial score (nSPS) is 10.4. The lowest BCUT2D eigenvalue weighted by molar-refractivity contribution is 0.106. The minimum atomic E-state index is -2.91. The number of aromatic nitrogens is 1. The Labute approximate surface area is 95.1 Å². The fourth-order valence-corrected chi connectivity index (χ4v) is 1.36. The third kappa shape index (κ3) is 2.21. The number of carbonyl (C=O) groups is 1. The van der Waals surface area contributed by atoms with E-state index in [0.29, 0.717) is 0 Å². The summed E-state index contributed by atoms with van der Waals surface area (Å²) in [5, 5.41) is -1.02. The summed E-state index contributed by atoms with van der Waals surface area (Å²) in [6, 6.07) is 0. The van der Waals surface area contributed by atoms with E-state index >= 15 is 0 Å². The van der Waals surface area contributed by atoms with Crippen molar-refractivity contribution in [3.8, 4) is 11.6 Å². The molecule has 16 heavy (non-hydrogen) atoms. The molecule has 0 fully saturated rings. The first-order valence-corrected chi connectivity index (χ1v) is 4.49. The average molecular weight is 252 g/mol. The number of hydrogen-bond donors (Lipinski definition) is 0. The first kappa shape index (κ1) is 12.6. The molecule has 4 nitrogen and oxygen atoms in total. The lowest BCUT2D eigenvalue weighted by Gasteiger charge is -2.13. The van der Waals surface area contributed by atoms with E-state index in [2.05, 4.69) is 4.98 Å². The van der Waals surface area contributed by atoms with E-state index in [1.807, 2.05) is 0 Å². The number of carbonyl (C=O) groups excluding carboxylic acids is 1. The molecule has 0 radical (unpaired) electrons. The Morgan fingerprint density at radius 2 is 2.06 bits per heavy atom. The van der Waals surface area contributed by atoms with Crippen LogP contribution in [0, 0.1) is 0 Å². The second kappa shape index (κ2) is 5.07. The fraction of sp³-hybridized carbons (Fsp3) is 0.333. The van der Waals surface area contributed by atoms with Gasteiger partial charge in [0.05, 0.1) is 25.3 Å². The van der Waals surface area contributed by atoms with Crippen molar-refractivity contribution in [2.75, 3.05) is 14.2 Å². The summed E-state index contributed by atoms with van der Waals surface area (Å²) in [4.78, 5) is 14.6. The summed E-state index contributed by atoms with van der Waals surface area (Å²) in [6.07, 6.45) is -1.98. The topological polar surface area (TPSA) is 48.4 Å². The molecule has 88 valence electrons. The minimum Gasteiger partial charge on any atom is -0.491 e. The van der Waals surface area contributed by atoms with Crippen LogP contribution in [0.2, 0.25) is 0 Å². The van der Waals surface area contributed by atoms with Gasteiger partial charge < -0.3 is 9.47 Å². The van der Waals surface area contributed by atoms with E-state index < -0.39 is 22.8 Å². The Morgan fingerprint density at radius 3 is 2.44 bits per heavy atom. The lowest BCUT2D eigenvalue weighted by Crippen LogP contribution is -2.05. The maximum Gasteiger partial charge on any atom is 0.268 e. The Morgan fingerprint density at radius 1 is 1.44 bits per heavy atom. The first-order chi connectivity index (χ1) is 7.52. The number of ether oxygens (including phenoxy) is 2. The van der Waals surface area contributed by atoms with E-state index in [1.54, 1.807) is 0 Å². The molecule has 1 aromatic rings. The van der Waals surface area contributed by atoms with Crippen molar-refractivity contribution in [3.05, 3.63) is 17.3 Å². The zero-order valence-electron chi connectivity index (χ0n) is 8.46. The van der Waals surface area contributed by atoms with Crippen LogP contribution in [0.1, 0.15) is 22.3 Å². The van der Waals surface area contributed by atoms with Gasteiger partial charge in [-0.15, -0.1) is 0 Å². The summed E-state index contributed by atoms with van der Waals surface area (Å²) >= 11 is 5.17. The third-order valence-electron chi connectivity index (χ3n) is 1.87. The van der Waals surface area contributed by atoms with Crippen LogP contribution in [0.3, 0.4) is 0 Å². The second-order valence-corrected chi connectivity index (χ2v) is 3.05. The van der Waals surface area contributed by atoms with Crippen LogP contribution in [0.25, 0.3) is 0 Å². The Kier molecular flexibility index (Phi) is 4.00. The summed E-state index contributed by atoms with van der Waals surface area (Å²) in [5.74, 6) is -0.413. The van der Waals surface area contributed by atoms with E-state index in [9.17, 15) is 13.6 Å². The molecular weight excluding hydrogens is 244 g/mol. The molecule has 0 saturated carbocycles. The number of pyridine rings is 1. The van der Waals surface area contributed by atoms with Crippen molar-refractivity contribution in [3.63, 3.8) is 0 Å². The van der Waals surface area contributed by atoms with Crippen LogP contribution in [0.15, 0.2) is 6.20 Å². The predicted octanol–water partition coefficient (Wildman–Crippen LogP) is 2.42. The average Bonchev–Trinajstić information content (AvgIpc) is 2.26. The molecule has 0 amide bonds. The van der Waals surface area contributed by atoms with Crippen molar-refractivity contribution in [1.82, 2.24) is 4.98 Å². The molecular formula is C9H8ClF2NO3. The number of methoxy groups -OCH3 is 2. The molecule has 0 aliphatic carbocycles. The van der Waals surface area contributed by atoms with Gasteiger partial charge >= 0.3 is 0 Å². The van der Waals surface area contributed by atoms with Crippen LogP contribution in [0.4, 0.5) is 8.78 Å². The van der Waals surface area contributed by atoms with Crippen LogP contribution in [-0.4, -0.2) is 24.4 Å². The van der Waals surface area contributed by atoms with Crippen LogP contribution < -0.4 is 9.47 Å². The number of alkyl halides is 2. The van der Waals surface area contributed by atoms with E-state index in [-0.39, 0.29) is 11.6 Å². The molecule has 0 aliphatic rings. The number of nitrogens with zero attached hydrogens (tertiary/aromatic N) is 1. The molecule has 1 rings (SSSR count). The van der Waals surface area contributed by atoms with Gasteiger partial charge in [-0.3, -0.25) is 4.79 Å². The van der Waals surface area contributed by atoms with Crippen molar-refractivity contribution in [2.24, 2.45) is 0 Å². The summed E-state index contributed by atoms with van der Waals surface area (Å²) in [5.41, 5.74) is -1.01. The SMILES string of the molecule is COc1ncc(C(=O)Cl)c(C(F)F)c1OC. The molecule has 0 atom stereocenters. The molecule has 0 saturated heterocycles. The van der Waals surface area contributed by atoms with Crippen molar-refractivity contribution >= 4 is 16.8 Å². The number of halogens is 3. The Bertz CT molecular complexity index is 412. The molecule has 0 aromatic carbocycles. The van der Waals surface area contributed by atoms with Crippen LogP contribution >= 0.6 is 11.6 Å². The van der Waals surface area contributed by atoms with Gasteiger partial charge in [0.1, 0.15) is 0 Å². The summed E-state index contributed by atoms with van der Waals surface area (Å²) < 4.78 is 35.0. The van der Waals surface area contributed by atoms with E-state index in [0.717, 1.165) is 6.20 Å². The molecule has 0 spiro atoms. The highest BCUT2D eigenvalue weighted by atomic mass is 35.5. The predicted molar refractivity (Wildman–Crippen MR) is 52.5 cm³/mol. The quantitative estimate of drug-likeness (QED) is 0.771. The molecule has 0 bridgehead atoms. The highest BCUT2D eigenvalue weighted by Crippen LogP contribution is 2.38. The van der Waals surface area contributed by atoms with Gasteiger partial charge in [-0.05, 0) is 11.6 Å². The monoisotopic (exact) mass is 251 g/mol. The number of rotatable bonds is 4. The van der Waals surface area contributed by atoms with Gasteiger partial charge in [-0.2, -0.15) is 0 Å². The lowest BCUT2D eigenvalue weighted by atomic mass is 10.1. The van der Waals surface area contributed by atoms with Gasteiger partial charge in [0.25, 0.3) is 17.5 Å². The highest BCUT2D eigenvalue weighted by molar-refractivity contribution is 6.67. The largest absolute Gasteiger partial charge is 0.491 e. The smallest absolute Gasteiger partial charge is 0.268 e. The zero-order chi connectivity index (χ0) is 12.3. The van der Waals surface area contributed by atoms with Crippen LogP contribution in [-0.2, 0) is 0 Å². The van der Waals surface area contributed by atoms with Gasteiger partial charge in [-0.25, -0.2) is 13.8 Å². The van der Waals surface area contributed by atoms with Crippen LogP contribution in [0.5, 0.6) is 11.6 Å². The van der Waals surface area contributed by atoms with Crippen molar-refractivity contribution in [1.29, 1.82) is 0 Å². The Balaban J connectivity index is 3.50. The van der Waals surface area contributed by atoms with E-state index in [1.165, 1.54) is 14.2 Å². The first-order valence-electron chi connectivity index (χ1n) is 4.11. The Hall–Kier alpha value is -1.43. The molecule has 0 unspecified atom stereocenters. The molecule has 7 heteroatoms. The standard InChI is InChI=1S/C9H8ClF2NO3/c1-15-6-5(8(11)12)4(7(10)14)3-13-9(6)16-2/h3,8H,1-2H3.